The van der Waals surface area contributed by atoms with Crippen LogP contribution in [0, 0.1) is 11.8 Å². The van der Waals surface area contributed by atoms with E-state index in [2.05, 4.69) is 32.7 Å². The van der Waals surface area contributed by atoms with Crippen LogP contribution in [0.1, 0.15) is 52.9 Å². The summed E-state index contributed by atoms with van der Waals surface area (Å²) in [6, 6.07) is 0.770. The average Bonchev–Trinajstić information content (AvgIpc) is 2.39. The van der Waals surface area contributed by atoms with Crippen molar-refractivity contribution in [1.29, 1.82) is 0 Å². The summed E-state index contributed by atoms with van der Waals surface area (Å²) >= 11 is 0. The van der Waals surface area contributed by atoms with Gasteiger partial charge in [-0.1, -0.05) is 27.2 Å². The van der Waals surface area contributed by atoms with E-state index in [4.69, 9.17) is 5.73 Å². The molecule has 0 amide bonds. The monoisotopic (exact) mass is 256 g/mol. The molecule has 3 N–H and O–H groups in total. The molecule has 0 bridgehead atoms. The molecule has 1 aliphatic rings. The number of nitrogens with two attached hydrogens (primary N) is 1. The lowest BCUT2D eigenvalue weighted by Gasteiger charge is -2.41. The largest absolute Gasteiger partial charge is 0.395 e. The van der Waals surface area contributed by atoms with Crippen molar-refractivity contribution in [1.82, 2.24) is 4.90 Å². The Hall–Kier alpha value is -0.120. The summed E-state index contributed by atoms with van der Waals surface area (Å²) in [5.74, 6) is 1.33. The molecule has 2 atom stereocenters. The zero-order chi connectivity index (χ0) is 13.7. The van der Waals surface area contributed by atoms with Gasteiger partial charge in [-0.25, -0.2) is 0 Å². The van der Waals surface area contributed by atoms with Crippen molar-refractivity contribution in [3.63, 3.8) is 0 Å². The molecule has 0 aromatic carbocycles. The molecule has 0 heterocycles. The van der Waals surface area contributed by atoms with Crippen LogP contribution in [-0.2, 0) is 0 Å². The van der Waals surface area contributed by atoms with Crippen LogP contribution in [0.3, 0.4) is 0 Å². The molecule has 108 valence electrons. The Labute approximate surface area is 113 Å². The SMILES string of the molecule is CCC1CCC(N(C)C(CO)C(N)C(C)C)CC1. The van der Waals surface area contributed by atoms with Crippen molar-refractivity contribution < 1.29 is 5.11 Å². The molecular weight excluding hydrogens is 224 g/mol. The number of hydrogen-bond donors (Lipinski definition) is 2. The summed E-state index contributed by atoms with van der Waals surface area (Å²) in [7, 11) is 2.14. The lowest BCUT2D eigenvalue weighted by atomic mass is 9.83. The maximum absolute atomic E-state index is 9.62. The Morgan fingerprint density at radius 3 is 2.17 bits per heavy atom. The highest BCUT2D eigenvalue weighted by Gasteiger charge is 2.31. The van der Waals surface area contributed by atoms with E-state index in [9.17, 15) is 5.11 Å². The third-order valence-electron chi connectivity index (χ3n) is 4.89. The standard InChI is InChI=1S/C15H32N2O/c1-5-12-6-8-13(9-7-12)17(4)14(10-18)15(16)11(2)3/h11-15,18H,5-10,16H2,1-4H3. The average molecular weight is 256 g/mol. The topological polar surface area (TPSA) is 49.5 Å². The van der Waals surface area contributed by atoms with Crippen LogP contribution in [0.4, 0.5) is 0 Å². The van der Waals surface area contributed by atoms with Gasteiger partial charge in [-0.2, -0.15) is 0 Å². The second-order valence-corrected chi connectivity index (χ2v) is 6.32. The molecule has 0 saturated heterocycles. The van der Waals surface area contributed by atoms with Gasteiger partial charge < -0.3 is 10.8 Å². The van der Waals surface area contributed by atoms with Gasteiger partial charge in [0.25, 0.3) is 0 Å². The van der Waals surface area contributed by atoms with Crippen LogP contribution in [0.25, 0.3) is 0 Å². The van der Waals surface area contributed by atoms with Crippen molar-refractivity contribution in [2.24, 2.45) is 17.6 Å². The van der Waals surface area contributed by atoms with E-state index in [1.165, 1.54) is 32.1 Å². The lowest BCUT2D eigenvalue weighted by molar-refractivity contribution is 0.0567. The summed E-state index contributed by atoms with van der Waals surface area (Å²) in [6.45, 7) is 6.73. The molecule has 1 saturated carbocycles. The van der Waals surface area contributed by atoms with E-state index in [-0.39, 0.29) is 18.7 Å². The van der Waals surface area contributed by atoms with E-state index in [0.717, 1.165) is 5.92 Å². The van der Waals surface area contributed by atoms with Gasteiger partial charge >= 0.3 is 0 Å². The molecule has 0 spiro atoms. The Balaban J connectivity index is 2.54. The van der Waals surface area contributed by atoms with Gasteiger partial charge in [0.05, 0.1) is 6.61 Å². The first-order valence-electron chi connectivity index (χ1n) is 7.59. The first-order valence-corrected chi connectivity index (χ1v) is 7.59. The fourth-order valence-corrected chi connectivity index (χ4v) is 3.20. The predicted molar refractivity (Wildman–Crippen MR) is 77.5 cm³/mol. The van der Waals surface area contributed by atoms with E-state index in [1.807, 2.05) is 0 Å². The van der Waals surface area contributed by atoms with Crippen LogP contribution in [0.15, 0.2) is 0 Å². The molecule has 1 rings (SSSR count). The normalized spacial score (nSPS) is 28.7. The van der Waals surface area contributed by atoms with Crippen molar-refractivity contribution >= 4 is 0 Å². The number of aliphatic hydroxyl groups excluding tert-OH is 1. The fourth-order valence-electron chi connectivity index (χ4n) is 3.20. The minimum atomic E-state index is 0.0592. The summed E-state index contributed by atoms with van der Waals surface area (Å²) in [5, 5.41) is 9.62. The Kier molecular flexibility index (Phi) is 6.61. The number of likely N-dealkylation sites (N-methyl/N-ethyl adjacent to an activating group) is 1. The van der Waals surface area contributed by atoms with Crippen LogP contribution in [-0.4, -0.2) is 41.8 Å². The van der Waals surface area contributed by atoms with Gasteiger partial charge in [-0.05, 0) is 44.6 Å². The number of hydrogen-bond acceptors (Lipinski definition) is 3. The zero-order valence-corrected chi connectivity index (χ0v) is 12.6. The smallest absolute Gasteiger partial charge is 0.0602 e. The van der Waals surface area contributed by atoms with Crippen molar-refractivity contribution in [2.45, 2.75) is 71.0 Å². The van der Waals surface area contributed by atoms with Crippen LogP contribution < -0.4 is 5.73 Å². The van der Waals surface area contributed by atoms with Gasteiger partial charge in [0.1, 0.15) is 0 Å². The number of nitrogens with zero attached hydrogens (tertiary/aromatic N) is 1. The number of aliphatic hydroxyl groups is 1. The first kappa shape index (κ1) is 15.9. The summed E-state index contributed by atoms with van der Waals surface area (Å²) in [5.41, 5.74) is 6.23. The molecule has 1 aliphatic carbocycles. The quantitative estimate of drug-likeness (QED) is 0.766. The summed E-state index contributed by atoms with van der Waals surface area (Å²) in [4.78, 5) is 2.34. The second-order valence-electron chi connectivity index (χ2n) is 6.32. The summed E-state index contributed by atoms with van der Waals surface area (Å²) < 4.78 is 0. The van der Waals surface area contributed by atoms with Gasteiger partial charge in [0.15, 0.2) is 0 Å². The van der Waals surface area contributed by atoms with E-state index in [0.29, 0.717) is 12.0 Å². The third kappa shape index (κ3) is 3.94. The van der Waals surface area contributed by atoms with Crippen molar-refractivity contribution in [3.05, 3.63) is 0 Å². The lowest BCUT2D eigenvalue weighted by Crippen LogP contribution is -2.54. The van der Waals surface area contributed by atoms with Gasteiger partial charge in [-0.15, -0.1) is 0 Å². The molecular formula is C15H32N2O. The van der Waals surface area contributed by atoms with Gasteiger partial charge in [-0.3, -0.25) is 4.90 Å². The van der Waals surface area contributed by atoms with Crippen LogP contribution in [0.5, 0.6) is 0 Å². The molecule has 0 aliphatic heterocycles. The van der Waals surface area contributed by atoms with Gasteiger partial charge in [0, 0.05) is 18.1 Å². The van der Waals surface area contributed by atoms with Crippen LogP contribution in [0.2, 0.25) is 0 Å². The second kappa shape index (κ2) is 7.46. The van der Waals surface area contributed by atoms with E-state index >= 15 is 0 Å². The Morgan fingerprint density at radius 1 is 1.22 bits per heavy atom. The highest BCUT2D eigenvalue weighted by molar-refractivity contribution is 4.88. The molecule has 1 fully saturated rings. The van der Waals surface area contributed by atoms with Crippen molar-refractivity contribution in [2.75, 3.05) is 13.7 Å². The maximum Gasteiger partial charge on any atom is 0.0602 e. The predicted octanol–water partition coefficient (Wildman–Crippen LogP) is 2.23. The maximum atomic E-state index is 9.62. The molecule has 2 unspecified atom stereocenters. The Bertz CT molecular complexity index is 225. The minimum absolute atomic E-state index is 0.0592. The van der Waals surface area contributed by atoms with Gasteiger partial charge in [0.2, 0.25) is 0 Å². The third-order valence-corrected chi connectivity index (χ3v) is 4.89. The van der Waals surface area contributed by atoms with Crippen molar-refractivity contribution in [3.8, 4) is 0 Å². The Morgan fingerprint density at radius 2 is 1.78 bits per heavy atom. The summed E-state index contributed by atoms with van der Waals surface area (Å²) in [6.07, 6.45) is 6.50. The first-order chi connectivity index (χ1) is 8.51. The fraction of sp³-hybridized carbons (Fsp3) is 1.00. The molecule has 0 aromatic rings. The molecule has 18 heavy (non-hydrogen) atoms. The molecule has 3 nitrogen and oxygen atoms in total. The highest BCUT2D eigenvalue weighted by Crippen LogP contribution is 2.30. The molecule has 0 radical (unpaired) electrons. The van der Waals surface area contributed by atoms with Crippen LogP contribution >= 0.6 is 0 Å². The van der Waals surface area contributed by atoms with E-state index in [1.54, 1.807) is 0 Å². The molecule has 0 aromatic heterocycles. The number of rotatable bonds is 6. The highest BCUT2D eigenvalue weighted by atomic mass is 16.3. The minimum Gasteiger partial charge on any atom is -0.395 e. The van der Waals surface area contributed by atoms with E-state index < -0.39 is 0 Å². The zero-order valence-electron chi connectivity index (χ0n) is 12.6. The molecule has 3 heteroatoms.